The lowest BCUT2D eigenvalue weighted by Gasteiger charge is -2.18. The van der Waals surface area contributed by atoms with Crippen LogP contribution in [0.2, 0.25) is 5.02 Å². The van der Waals surface area contributed by atoms with E-state index in [4.69, 9.17) is 21.1 Å². The standard InChI is InChI=1S/C21H17ClF3NO4S/c1-29-13-6-3-11(4-7-13)15(10-17(27)30-2)26-20(28)19-18(22)14-8-5-12(21(23,24)25)9-16(14)31-19/h3-9,15H,10H2,1-2H3,(H,26,28). The largest absolute Gasteiger partial charge is 0.497 e. The van der Waals surface area contributed by atoms with Crippen LogP contribution in [0.15, 0.2) is 42.5 Å². The molecule has 0 aliphatic carbocycles. The highest BCUT2D eigenvalue weighted by atomic mass is 35.5. The van der Waals surface area contributed by atoms with Gasteiger partial charge in [-0.2, -0.15) is 13.2 Å². The molecule has 2 aromatic carbocycles. The lowest BCUT2D eigenvalue weighted by atomic mass is 10.0. The Bertz CT molecular complexity index is 1110. The van der Waals surface area contributed by atoms with Gasteiger partial charge in [0.2, 0.25) is 0 Å². The molecule has 0 bridgehead atoms. The number of halogens is 4. The van der Waals surface area contributed by atoms with Crippen LogP contribution in [0, 0.1) is 0 Å². The van der Waals surface area contributed by atoms with Gasteiger partial charge in [0.15, 0.2) is 0 Å². The molecule has 5 nitrogen and oxygen atoms in total. The Hall–Kier alpha value is -2.78. The van der Waals surface area contributed by atoms with Crippen molar-refractivity contribution in [2.45, 2.75) is 18.6 Å². The molecule has 0 saturated heterocycles. The summed E-state index contributed by atoms with van der Waals surface area (Å²) < 4.78 is 49.0. The topological polar surface area (TPSA) is 64.6 Å². The summed E-state index contributed by atoms with van der Waals surface area (Å²) in [6.07, 6.45) is -4.65. The van der Waals surface area contributed by atoms with Crippen molar-refractivity contribution in [2.24, 2.45) is 0 Å². The van der Waals surface area contributed by atoms with E-state index in [2.05, 4.69) is 5.32 Å². The van der Waals surface area contributed by atoms with Crippen LogP contribution in [-0.4, -0.2) is 26.1 Å². The molecule has 1 heterocycles. The fourth-order valence-corrected chi connectivity index (χ4v) is 4.41. The molecule has 1 atom stereocenters. The van der Waals surface area contributed by atoms with Gasteiger partial charge < -0.3 is 14.8 Å². The second-order valence-electron chi connectivity index (χ2n) is 6.53. The lowest BCUT2D eigenvalue weighted by Crippen LogP contribution is -2.30. The maximum absolute atomic E-state index is 13.0. The molecule has 0 fully saturated rings. The van der Waals surface area contributed by atoms with Crippen LogP contribution in [0.4, 0.5) is 13.2 Å². The van der Waals surface area contributed by atoms with Gasteiger partial charge in [0.25, 0.3) is 5.91 Å². The SMILES string of the molecule is COC(=O)CC(NC(=O)c1sc2cc(C(F)(F)F)ccc2c1Cl)c1ccc(OC)cc1. The van der Waals surface area contributed by atoms with E-state index >= 15 is 0 Å². The van der Waals surface area contributed by atoms with Crippen molar-refractivity contribution < 1.29 is 32.2 Å². The predicted octanol–water partition coefficient (Wildman–Crippen LogP) is 5.62. The molecule has 0 aliphatic heterocycles. The molecule has 1 aromatic heterocycles. The van der Waals surface area contributed by atoms with E-state index in [0.29, 0.717) is 16.7 Å². The Balaban J connectivity index is 1.92. The quantitative estimate of drug-likeness (QED) is 0.474. The first-order valence-electron chi connectivity index (χ1n) is 8.95. The molecule has 10 heteroatoms. The van der Waals surface area contributed by atoms with Crippen LogP contribution in [0.5, 0.6) is 5.75 Å². The zero-order valence-corrected chi connectivity index (χ0v) is 18.0. The summed E-state index contributed by atoms with van der Waals surface area (Å²) in [5.41, 5.74) is -0.206. The minimum absolute atomic E-state index is 0.0535. The first-order valence-corrected chi connectivity index (χ1v) is 10.1. The van der Waals surface area contributed by atoms with Crippen LogP contribution in [0.3, 0.4) is 0 Å². The number of rotatable bonds is 6. The van der Waals surface area contributed by atoms with Gasteiger partial charge in [-0.1, -0.05) is 29.8 Å². The Morgan fingerprint density at radius 3 is 2.39 bits per heavy atom. The number of nitrogens with one attached hydrogen (secondary N) is 1. The molecule has 3 rings (SSSR count). The second-order valence-corrected chi connectivity index (χ2v) is 7.96. The van der Waals surface area contributed by atoms with Crippen LogP contribution in [0.25, 0.3) is 10.1 Å². The lowest BCUT2D eigenvalue weighted by molar-refractivity contribution is -0.141. The van der Waals surface area contributed by atoms with Crippen molar-refractivity contribution in [1.82, 2.24) is 5.32 Å². The van der Waals surface area contributed by atoms with Crippen LogP contribution >= 0.6 is 22.9 Å². The second kappa shape index (κ2) is 9.15. The van der Waals surface area contributed by atoms with Gasteiger partial charge in [-0.15, -0.1) is 11.3 Å². The van der Waals surface area contributed by atoms with Gasteiger partial charge in [0, 0.05) is 10.1 Å². The number of amides is 1. The molecule has 164 valence electrons. The average molecular weight is 472 g/mol. The number of carbonyl (C=O) groups is 2. The van der Waals surface area contributed by atoms with Gasteiger partial charge >= 0.3 is 12.1 Å². The number of thiophene rings is 1. The maximum atomic E-state index is 13.0. The van der Waals surface area contributed by atoms with Crippen LogP contribution in [-0.2, 0) is 15.7 Å². The summed E-state index contributed by atoms with van der Waals surface area (Å²) in [6, 6.07) is 9.11. The summed E-state index contributed by atoms with van der Waals surface area (Å²) >= 11 is 7.13. The average Bonchev–Trinajstić information content (AvgIpc) is 3.08. The summed E-state index contributed by atoms with van der Waals surface area (Å²) in [5.74, 6) is -0.553. The number of methoxy groups -OCH3 is 2. The third kappa shape index (κ3) is 5.11. The molecule has 1 N–H and O–H groups in total. The summed E-state index contributed by atoms with van der Waals surface area (Å²) in [6.45, 7) is 0. The minimum Gasteiger partial charge on any atom is -0.497 e. The monoisotopic (exact) mass is 471 g/mol. The highest BCUT2D eigenvalue weighted by Crippen LogP contribution is 2.39. The van der Waals surface area contributed by atoms with E-state index < -0.39 is 29.7 Å². The van der Waals surface area contributed by atoms with E-state index in [1.54, 1.807) is 24.3 Å². The Labute approximate surface area is 184 Å². The zero-order valence-electron chi connectivity index (χ0n) is 16.4. The van der Waals surface area contributed by atoms with Crippen molar-refractivity contribution in [3.8, 4) is 5.75 Å². The van der Waals surface area contributed by atoms with Crippen molar-refractivity contribution >= 4 is 44.9 Å². The number of alkyl halides is 3. The van der Waals surface area contributed by atoms with Crippen molar-refractivity contribution in [1.29, 1.82) is 0 Å². The molecule has 0 saturated carbocycles. The number of benzene rings is 2. The normalized spacial score (nSPS) is 12.5. The van der Waals surface area contributed by atoms with E-state index in [0.717, 1.165) is 23.5 Å². The first-order chi connectivity index (χ1) is 14.6. The third-order valence-electron chi connectivity index (χ3n) is 4.58. The van der Waals surface area contributed by atoms with Crippen LogP contribution < -0.4 is 10.1 Å². The fourth-order valence-electron chi connectivity index (χ4n) is 2.95. The Morgan fingerprint density at radius 1 is 1.13 bits per heavy atom. The summed E-state index contributed by atoms with van der Waals surface area (Å²) in [4.78, 5) is 24.8. The van der Waals surface area contributed by atoms with Crippen molar-refractivity contribution in [3.63, 3.8) is 0 Å². The minimum atomic E-state index is -4.51. The number of hydrogen-bond acceptors (Lipinski definition) is 5. The van der Waals surface area contributed by atoms with Crippen molar-refractivity contribution in [2.75, 3.05) is 14.2 Å². The zero-order chi connectivity index (χ0) is 22.8. The molecular weight excluding hydrogens is 455 g/mol. The fraction of sp³-hybridized carbons (Fsp3) is 0.238. The van der Waals surface area contributed by atoms with Gasteiger partial charge in [-0.25, -0.2) is 0 Å². The molecule has 0 aliphatic rings. The van der Waals surface area contributed by atoms with Gasteiger partial charge in [-0.3, -0.25) is 9.59 Å². The van der Waals surface area contributed by atoms with Gasteiger partial charge in [-0.05, 0) is 29.8 Å². The molecule has 0 radical (unpaired) electrons. The number of fused-ring (bicyclic) bond motifs is 1. The van der Waals surface area contributed by atoms with E-state index in [1.165, 1.54) is 20.3 Å². The molecule has 0 spiro atoms. The van der Waals surface area contributed by atoms with Gasteiger partial charge in [0.1, 0.15) is 10.6 Å². The molecule has 1 unspecified atom stereocenters. The molecule has 3 aromatic rings. The predicted molar refractivity (Wildman–Crippen MR) is 112 cm³/mol. The maximum Gasteiger partial charge on any atom is 0.416 e. The highest BCUT2D eigenvalue weighted by molar-refractivity contribution is 7.21. The first kappa shape index (κ1) is 22.9. The van der Waals surface area contributed by atoms with E-state index in [-0.39, 0.29) is 21.0 Å². The molecule has 31 heavy (non-hydrogen) atoms. The smallest absolute Gasteiger partial charge is 0.416 e. The van der Waals surface area contributed by atoms with Crippen LogP contribution in [0.1, 0.15) is 33.3 Å². The highest BCUT2D eigenvalue weighted by Gasteiger charge is 2.31. The van der Waals surface area contributed by atoms with E-state index in [9.17, 15) is 22.8 Å². The molecular formula is C21H17ClF3NO4S. The van der Waals surface area contributed by atoms with Crippen molar-refractivity contribution in [3.05, 3.63) is 63.5 Å². The summed E-state index contributed by atoms with van der Waals surface area (Å²) in [5, 5.41) is 3.12. The number of esters is 1. The number of ether oxygens (including phenoxy) is 2. The molecule has 1 amide bonds. The third-order valence-corrected chi connectivity index (χ3v) is 6.24. The summed E-state index contributed by atoms with van der Waals surface area (Å²) in [7, 11) is 2.74. The number of carbonyl (C=O) groups excluding carboxylic acids is 2. The Morgan fingerprint density at radius 2 is 1.81 bits per heavy atom. The Kier molecular flexibility index (Phi) is 6.76. The number of hydrogen-bond donors (Lipinski definition) is 1. The van der Waals surface area contributed by atoms with Gasteiger partial charge in [0.05, 0.1) is 37.3 Å². The van der Waals surface area contributed by atoms with E-state index in [1.807, 2.05) is 0 Å².